The third-order valence-corrected chi connectivity index (χ3v) is 3.91. The maximum absolute atomic E-state index is 5.93. The molecule has 1 unspecified atom stereocenters. The standard InChI is InChI=1S/C18H23N3O3/c1-2-23-18(9-6-10-22-14-18)13-21-17-19-11-16(12-20-17)24-15-7-4-3-5-8-15/h3-5,7-8,11-12H,2,6,9-10,13-14H2,1H3,(H,19,20,21). The number of benzene rings is 1. The second kappa shape index (κ2) is 8.08. The molecule has 0 bridgehead atoms. The van der Waals surface area contributed by atoms with Crippen LogP contribution >= 0.6 is 0 Å². The number of hydrogen-bond donors (Lipinski definition) is 1. The molecule has 0 spiro atoms. The fourth-order valence-electron chi connectivity index (χ4n) is 2.76. The zero-order chi connectivity index (χ0) is 16.7. The lowest BCUT2D eigenvalue weighted by Gasteiger charge is -2.36. The fourth-order valence-corrected chi connectivity index (χ4v) is 2.76. The second-order valence-corrected chi connectivity index (χ2v) is 5.78. The summed E-state index contributed by atoms with van der Waals surface area (Å²) in [6.45, 7) is 4.69. The highest BCUT2D eigenvalue weighted by Crippen LogP contribution is 2.24. The van der Waals surface area contributed by atoms with Crippen LogP contribution in [-0.2, 0) is 9.47 Å². The molecule has 3 rings (SSSR count). The molecule has 1 aromatic heterocycles. The second-order valence-electron chi connectivity index (χ2n) is 5.78. The predicted molar refractivity (Wildman–Crippen MR) is 91.4 cm³/mol. The van der Waals surface area contributed by atoms with Gasteiger partial charge in [-0.2, -0.15) is 0 Å². The van der Waals surface area contributed by atoms with E-state index < -0.39 is 0 Å². The van der Waals surface area contributed by atoms with Crippen LogP contribution in [0.25, 0.3) is 0 Å². The van der Waals surface area contributed by atoms with Gasteiger partial charge >= 0.3 is 0 Å². The summed E-state index contributed by atoms with van der Waals surface area (Å²) in [6.07, 6.45) is 5.30. The Labute approximate surface area is 142 Å². The first kappa shape index (κ1) is 16.7. The van der Waals surface area contributed by atoms with Gasteiger partial charge in [0.25, 0.3) is 0 Å². The van der Waals surface area contributed by atoms with E-state index in [-0.39, 0.29) is 5.60 Å². The molecule has 128 valence electrons. The highest BCUT2D eigenvalue weighted by molar-refractivity contribution is 5.31. The Morgan fingerprint density at radius 2 is 1.96 bits per heavy atom. The maximum Gasteiger partial charge on any atom is 0.222 e. The Morgan fingerprint density at radius 1 is 1.17 bits per heavy atom. The molecule has 0 saturated carbocycles. The molecule has 6 heteroatoms. The van der Waals surface area contributed by atoms with Crippen molar-refractivity contribution in [2.45, 2.75) is 25.4 Å². The van der Waals surface area contributed by atoms with Crippen molar-refractivity contribution in [2.24, 2.45) is 0 Å². The highest BCUT2D eigenvalue weighted by Gasteiger charge is 2.33. The van der Waals surface area contributed by atoms with Gasteiger partial charge in [0.05, 0.1) is 19.0 Å². The Bertz CT molecular complexity index is 608. The molecule has 1 aromatic carbocycles. The van der Waals surface area contributed by atoms with E-state index in [0.717, 1.165) is 25.2 Å². The van der Waals surface area contributed by atoms with Crippen molar-refractivity contribution in [1.82, 2.24) is 9.97 Å². The van der Waals surface area contributed by atoms with Crippen molar-refractivity contribution >= 4 is 5.95 Å². The Hall–Kier alpha value is -2.18. The molecular weight excluding hydrogens is 306 g/mol. The first-order valence-electron chi connectivity index (χ1n) is 8.30. The van der Waals surface area contributed by atoms with Crippen LogP contribution in [-0.4, -0.2) is 41.9 Å². The summed E-state index contributed by atoms with van der Waals surface area (Å²) < 4.78 is 17.2. The highest BCUT2D eigenvalue weighted by atomic mass is 16.5. The molecule has 2 aromatic rings. The van der Waals surface area contributed by atoms with Crippen molar-refractivity contribution in [3.63, 3.8) is 0 Å². The molecule has 0 radical (unpaired) electrons. The van der Waals surface area contributed by atoms with E-state index in [0.29, 0.717) is 31.5 Å². The van der Waals surface area contributed by atoms with E-state index in [4.69, 9.17) is 14.2 Å². The average Bonchev–Trinajstić information content (AvgIpc) is 2.63. The zero-order valence-corrected chi connectivity index (χ0v) is 13.9. The van der Waals surface area contributed by atoms with Crippen LogP contribution in [0.2, 0.25) is 0 Å². The number of nitrogens with one attached hydrogen (secondary N) is 1. The molecular formula is C18H23N3O3. The summed E-state index contributed by atoms with van der Waals surface area (Å²) >= 11 is 0. The number of hydrogen-bond acceptors (Lipinski definition) is 6. The molecule has 1 aliphatic heterocycles. The molecule has 6 nitrogen and oxygen atoms in total. The van der Waals surface area contributed by atoms with Gasteiger partial charge in [0.2, 0.25) is 5.95 Å². The first-order chi connectivity index (χ1) is 11.8. The molecule has 0 aliphatic carbocycles. The third kappa shape index (κ3) is 4.43. The molecule has 1 N–H and O–H groups in total. The molecule has 1 aliphatic rings. The van der Waals surface area contributed by atoms with E-state index in [2.05, 4.69) is 15.3 Å². The van der Waals surface area contributed by atoms with Crippen LogP contribution in [0.1, 0.15) is 19.8 Å². The zero-order valence-electron chi connectivity index (χ0n) is 13.9. The van der Waals surface area contributed by atoms with Crippen LogP contribution in [0.15, 0.2) is 42.7 Å². The SMILES string of the molecule is CCOC1(CNc2ncc(Oc3ccccc3)cn2)CCCOC1. The van der Waals surface area contributed by atoms with Gasteiger partial charge in [-0.05, 0) is 31.9 Å². The lowest BCUT2D eigenvalue weighted by atomic mass is 9.96. The van der Waals surface area contributed by atoms with Gasteiger partial charge in [-0.1, -0.05) is 18.2 Å². The number of anilines is 1. The number of nitrogens with zero attached hydrogens (tertiary/aromatic N) is 2. The van der Waals surface area contributed by atoms with Crippen LogP contribution < -0.4 is 10.1 Å². The van der Waals surface area contributed by atoms with Gasteiger partial charge in [-0.25, -0.2) is 9.97 Å². The molecule has 0 amide bonds. The number of aromatic nitrogens is 2. The van der Waals surface area contributed by atoms with Crippen molar-refractivity contribution < 1.29 is 14.2 Å². The summed E-state index contributed by atoms with van der Waals surface area (Å²) in [5.41, 5.74) is -0.296. The van der Waals surface area contributed by atoms with Crippen molar-refractivity contribution in [2.75, 3.05) is 31.7 Å². The monoisotopic (exact) mass is 329 g/mol. The minimum absolute atomic E-state index is 0.296. The van der Waals surface area contributed by atoms with E-state index in [9.17, 15) is 0 Å². The van der Waals surface area contributed by atoms with Crippen molar-refractivity contribution in [3.8, 4) is 11.5 Å². The molecule has 1 saturated heterocycles. The summed E-state index contributed by atoms with van der Waals surface area (Å²) in [4.78, 5) is 8.61. The molecule has 24 heavy (non-hydrogen) atoms. The topological polar surface area (TPSA) is 65.5 Å². The third-order valence-electron chi connectivity index (χ3n) is 3.91. The Balaban J connectivity index is 1.57. The summed E-state index contributed by atoms with van der Waals surface area (Å²) in [6, 6.07) is 9.57. The predicted octanol–water partition coefficient (Wildman–Crippen LogP) is 3.27. The summed E-state index contributed by atoms with van der Waals surface area (Å²) in [5, 5.41) is 3.25. The Morgan fingerprint density at radius 3 is 2.62 bits per heavy atom. The number of ether oxygens (including phenoxy) is 3. The van der Waals surface area contributed by atoms with Crippen LogP contribution in [0.4, 0.5) is 5.95 Å². The molecule has 2 heterocycles. The lowest BCUT2D eigenvalue weighted by Crippen LogP contribution is -2.47. The average molecular weight is 329 g/mol. The van der Waals surface area contributed by atoms with Crippen LogP contribution in [0, 0.1) is 0 Å². The minimum atomic E-state index is -0.296. The van der Waals surface area contributed by atoms with E-state index in [1.165, 1.54) is 0 Å². The summed E-state index contributed by atoms with van der Waals surface area (Å²) in [5.74, 6) is 1.92. The van der Waals surface area contributed by atoms with Crippen molar-refractivity contribution in [1.29, 1.82) is 0 Å². The van der Waals surface area contributed by atoms with Gasteiger partial charge in [0, 0.05) is 19.8 Å². The van der Waals surface area contributed by atoms with Crippen molar-refractivity contribution in [3.05, 3.63) is 42.7 Å². The maximum atomic E-state index is 5.93. The largest absolute Gasteiger partial charge is 0.454 e. The number of rotatable bonds is 7. The lowest BCUT2D eigenvalue weighted by molar-refractivity contribution is -0.117. The van der Waals surface area contributed by atoms with Gasteiger partial charge < -0.3 is 19.5 Å². The Kier molecular flexibility index (Phi) is 5.61. The molecule has 1 fully saturated rings. The smallest absolute Gasteiger partial charge is 0.222 e. The minimum Gasteiger partial charge on any atom is -0.454 e. The van der Waals surface area contributed by atoms with Crippen LogP contribution in [0.5, 0.6) is 11.5 Å². The van der Waals surface area contributed by atoms with Gasteiger partial charge in [0.1, 0.15) is 11.4 Å². The van der Waals surface area contributed by atoms with E-state index >= 15 is 0 Å². The molecule has 1 atom stereocenters. The number of para-hydroxylation sites is 1. The van der Waals surface area contributed by atoms with Gasteiger partial charge in [-0.15, -0.1) is 0 Å². The normalized spacial score (nSPS) is 20.5. The van der Waals surface area contributed by atoms with Crippen LogP contribution in [0.3, 0.4) is 0 Å². The first-order valence-corrected chi connectivity index (χ1v) is 8.30. The van der Waals surface area contributed by atoms with Gasteiger partial charge in [-0.3, -0.25) is 0 Å². The quantitative estimate of drug-likeness (QED) is 0.841. The van der Waals surface area contributed by atoms with E-state index in [1.54, 1.807) is 12.4 Å². The van der Waals surface area contributed by atoms with E-state index in [1.807, 2.05) is 37.3 Å². The van der Waals surface area contributed by atoms with Gasteiger partial charge in [0.15, 0.2) is 5.75 Å². The fraction of sp³-hybridized carbons (Fsp3) is 0.444. The summed E-state index contributed by atoms with van der Waals surface area (Å²) in [7, 11) is 0.